The number of rotatable bonds is 6. The number of benzene rings is 2. The molecule has 0 amide bonds. The molecule has 8 nitrogen and oxygen atoms in total. The molecule has 37 heavy (non-hydrogen) atoms. The van der Waals surface area contributed by atoms with Crippen LogP contribution < -0.4 is 20.9 Å². The lowest BCUT2D eigenvalue weighted by Crippen LogP contribution is -2.37. The van der Waals surface area contributed by atoms with Crippen LogP contribution in [-0.4, -0.2) is 46.0 Å². The number of piperidine rings is 1. The first-order chi connectivity index (χ1) is 17.4. The fraction of sp³-hybridized carbons (Fsp3) is 0.240. The van der Waals surface area contributed by atoms with E-state index in [9.17, 15) is 13.6 Å². The lowest BCUT2D eigenvalue weighted by molar-refractivity contribution is 0.263. The third-order valence-corrected chi connectivity index (χ3v) is 6.59. The predicted octanol–water partition coefficient (Wildman–Crippen LogP) is 5.82. The molecule has 2 aromatic carbocycles. The highest BCUT2D eigenvalue weighted by molar-refractivity contribution is 9.10. The highest BCUT2D eigenvalue weighted by Crippen LogP contribution is 2.29. The molecule has 3 N–H and O–H groups in total. The summed E-state index contributed by atoms with van der Waals surface area (Å²) in [6.45, 7) is 1.97. The molecule has 0 spiro atoms. The summed E-state index contributed by atoms with van der Waals surface area (Å²) < 4.78 is 32.9. The molecule has 194 valence electrons. The summed E-state index contributed by atoms with van der Waals surface area (Å²) in [5.74, 6) is -0.522. The van der Waals surface area contributed by atoms with Gasteiger partial charge in [0.05, 0.1) is 9.99 Å². The van der Waals surface area contributed by atoms with Gasteiger partial charge in [0.2, 0.25) is 5.95 Å². The van der Waals surface area contributed by atoms with Crippen LogP contribution in [0.3, 0.4) is 0 Å². The first kappa shape index (κ1) is 26.8. The maximum absolute atomic E-state index is 13.5. The summed E-state index contributed by atoms with van der Waals surface area (Å²) in [7, 11) is 2.10. The van der Waals surface area contributed by atoms with Crippen molar-refractivity contribution < 1.29 is 13.5 Å². The van der Waals surface area contributed by atoms with Crippen LogP contribution in [0.5, 0.6) is 11.5 Å². The van der Waals surface area contributed by atoms with Crippen molar-refractivity contribution in [3.63, 3.8) is 0 Å². The number of hydrogen-bond acceptors (Lipinski definition) is 7. The van der Waals surface area contributed by atoms with Crippen molar-refractivity contribution in [3.8, 4) is 11.5 Å². The Morgan fingerprint density at radius 1 is 1.05 bits per heavy atom. The second-order valence-corrected chi connectivity index (χ2v) is 9.49. The summed E-state index contributed by atoms with van der Waals surface area (Å²) in [4.78, 5) is 26.9. The number of aromatic nitrogens is 3. The zero-order valence-electron chi connectivity index (χ0n) is 19.7. The van der Waals surface area contributed by atoms with Crippen molar-refractivity contribution in [2.24, 2.45) is 0 Å². The molecule has 1 saturated heterocycles. The van der Waals surface area contributed by atoms with Crippen LogP contribution in [0.4, 0.5) is 26.2 Å². The normalized spacial score (nSPS) is 14.3. The Labute approximate surface area is 226 Å². The Morgan fingerprint density at radius 3 is 2.46 bits per heavy atom. The fourth-order valence-corrected chi connectivity index (χ4v) is 4.43. The highest BCUT2D eigenvalue weighted by atomic mass is 79.9. The van der Waals surface area contributed by atoms with E-state index in [0.717, 1.165) is 38.1 Å². The molecule has 0 radical (unpaired) electrons. The number of pyridine rings is 1. The molecular formula is C25H24BrClF2N6O2. The monoisotopic (exact) mass is 592 g/mol. The lowest BCUT2D eigenvalue weighted by Gasteiger charge is -2.29. The Balaban J connectivity index is 0.00000320. The summed E-state index contributed by atoms with van der Waals surface area (Å²) in [6.07, 6.45) is 3.50. The molecular weight excluding hydrogens is 570 g/mol. The number of likely N-dealkylation sites (tertiary alicyclic amines) is 1. The van der Waals surface area contributed by atoms with E-state index in [1.54, 1.807) is 30.5 Å². The van der Waals surface area contributed by atoms with Gasteiger partial charge in [0.25, 0.3) is 5.56 Å². The Bertz CT molecular complexity index is 1460. The van der Waals surface area contributed by atoms with E-state index >= 15 is 0 Å². The molecule has 1 fully saturated rings. The third kappa shape index (κ3) is 6.17. The molecule has 0 aliphatic carbocycles. The average Bonchev–Trinajstić information content (AvgIpc) is 2.86. The number of H-pyrrole nitrogens is 1. The number of anilines is 3. The summed E-state index contributed by atoms with van der Waals surface area (Å²) in [5.41, 5.74) is 0.821. The van der Waals surface area contributed by atoms with Crippen LogP contribution in [0.15, 0.2) is 57.9 Å². The maximum Gasteiger partial charge on any atom is 0.261 e. The van der Waals surface area contributed by atoms with Gasteiger partial charge >= 0.3 is 0 Å². The summed E-state index contributed by atoms with van der Waals surface area (Å²) in [6, 6.07) is 10.4. The van der Waals surface area contributed by atoms with Crippen molar-refractivity contribution in [3.05, 3.63) is 75.1 Å². The quantitative estimate of drug-likeness (QED) is 0.259. The SMILES string of the molecule is CN1CCC(Nc2nc(Nc3ccc(Oc4ccc(F)c(F)c4)cc3)c3c(=O)[nH]cc(Br)c3n2)CC1.Cl. The van der Waals surface area contributed by atoms with E-state index in [2.05, 4.69) is 53.5 Å². The first-order valence-corrected chi connectivity index (χ1v) is 12.2. The van der Waals surface area contributed by atoms with Crippen LogP contribution >= 0.6 is 28.3 Å². The van der Waals surface area contributed by atoms with Crippen molar-refractivity contribution in [2.75, 3.05) is 30.8 Å². The number of halogens is 4. The zero-order valence-corrected chi connectivity index (χ0v) is 22.1. The second kappa shape index (κ2) is 11.4. The van der Waals surface area contributed by atoms with Gasteiger partial charge in [-0.2, -0.15) is 4.98 Å². The Kier molecular flexibility index (Phi) is 8.25. The van der Waals surface area contributed by atoms with Crippen molar-refractivity contribution in [1.29, 1.82) is 0 Å². The van der Waals surface area contributed by atoms with Crippen LogP contribution in [0, 0.1) is 11.6 Å². The first-order valence-electron chi connectivity index (χ1n) is 11.4. The number of ether oxygens (including phenoxy) is 1. The molecule has 5 rings (SSSR count). The molecule has 2 aromatic heterocycles. The van der Waals surface area contributed by atoms with E-state index in [0.29, 0.717) is 38.6 Å². The third-order valence-electron chi connectivity index (χ3n) is 5.99. The number of nitrogens with zero attached hydrogens (tertiary/aromatic N) is 3. The van der Waals surface area contributed by atoms with Crippen molar-refractivity contribution >= 4 is 56.7 Å². The minimum Gasteiger partial charge on any atom is -0.457 e. The van der Waals surface area contributed by atoms with E-state index in [-0.39, 0.29) is 29.8 Å². The number of nitrogens with one attached hydrogen (secondary N) is 3. The van der Waals surface area contributed by atoms with Gasteiger partial charge in [-0.1, -0.05) is 0 Å². The fourth-order valence-electron chi connectivity index (χ4n) is 4.03. The molecule has 0 unspecified atom stereocenters. The van der Waals surface area contributed by atoms with Crippen LogP contribution in [-0.2, 0) is 0 Å². The number of hydrogen-bond donors (Lipinski definition) is 3. The van der Waals surface area contributed by atoms with Gasteiger partial charge in [-0.15, -0.1) is 12.4 Å². The molecule has 1 aliphatic rings. The van der Waals surface area contributed by atoms with Gasteiger partial charge in [-0.05, 0) is 85.3 Å². The Hall–Kier alpha value is -3.28. The van der Waals surface area contributed by atoms with Crippen LogP contribution in [0.2, 0.25) is 0 Å². The van der Waals surface area contributed by atoms with E-state index < -0.39 is 11.6 Å². The van der Waals surface area contributed by atoms with E-state index in [1.807, 2.05) is 0 Å². The standard InChI is InChI=1S/C25H23BrF2N6O2.ClH/c1-34-10-8-15(9-11-34)31-25-32-22-18(26)13-29-24(35)21(22)23(33-25)30-14-2-4-16(5-3-14)36-17-6-7-19(27)20(28)12-17;/h2-7,12-13,15H,8-11H2,1H3,(H,29,35)(H2,30,31,32,33);1H. The van der Waals surface area contributed by atoms with Gasteiger partial charge in [-0.25, -0.2) is 13.8 Å². The van der Waals surface area contributed by atoms with Crippen LogP contribution in [0.1, 0.15) is 12.8 Å². The number of aromatic amines is 1. The van der Waals surface area contributed by atoms with E-state index in [4.69, 9.17) is 4.74 Å². The second-order valence-electron chi connectivity index (χ2n) is 8.63. The van der Waals surface area contributed by atoms with Gasteiger partial charge in [0, 0.05) is 24.0 Å². The predicted molar refractivity (Wildman–Crippen MR) is 145 cm³/mol. The van der Waals surface area contributed by atoms with Crippen LogP contribution in [0.25, 0.3) is 10.9 Å². The largest absolute Gasteiger partial charge is 0.457 e. The average molecular weight is 594 g/mol. The molecule has 3 heterocycles. The summed E-state index contributed by atoms with van der Waals surface area (Å²) >= 11 is 3.48. The lowest BCUT2D eigenvalue weighted by atomic mass is 10.1. The molecule has 4 aromatic rings. The van der Waals surface area contributed by atoms with Gasteiger partial charge in [0.15, 0.2) is 11.6 Å². The van der Waals surface area contributed by atoms with E-state index in [1.165, 1.54) is 6.07 Å². The van der Waals surface area contributed by atoms with Gasteiger partial charge in [0.1, 0.15) is 22.7 Å². The number of fused-ring (bicyclic) bond motifs is 1. The zero-order chi connectivity index (χ0) is 25.2. The molecule has 1 aliphatic heterocycles. The van der Waals surface area contributed by atoms with Gasteiger partial charge < -0.3 is 25.3 Å². The maximum atomic E-state index is 13.5. The minimum absolute atomic E-state index is 0. The van der Waals surface area contributed by atoms with Crippen molar-refractivity contribution in [1.82, 2.24) is 19.9 Å². The Morgan fingerprint density at radius 2 is 1.76 bits per heavy atom. The molecule has 0 atom stereocenters. The molecule has 0 bridgehead atoms. The van der Waals surface area contributed by atoms with Crippen molar-refractivity contribution in [2.45, 2.75) is 18.9 Å². The smallest absolute Gasteiger partial charge is 0.261 e. The molecule has 12 heteroatoms. The van der Waals surface area contributed by atoms with Gasteiger partial charge in [-0.3, -0.25) is 4.79 Å². The highest BCUT2D eigenvalue weighted by Gasteiger charge is 2.20. The topological polar surface area (TPSA) is 95.2 Å². The molecule has 0 saturated carbocycles. The summed E-state index contributed by atoms with van der Waals surface area (Å²) in [5, 5.41) is 6.93. The minimum atomic E-state index is -0.984.